The summed E-state index contributed by atoms with van der Waals surface area (Å²) in [6.45, 7) is 13.2. The summed E-state index contributed by atoms with van der Waals surface area (Å²) in [5.74, 6) is 1.27. The number of aromatic nitrogens is 3. The topological polar surface area (TPSA) is 34.5 Å². The summed E-state index contributed by atoms with van der Waals surface area (Å²) in [6.07, 6.45) is 1.75. The molecule has 0 atom stereocenters. The van der Waals surface area contributed by atoms with E-state index in [2.05, 4.69) is 35.7 Å². The van der Waals surface area contributed by atoms with Crippen molar-refractivity contribution in [2.45, 2.75) is 26.2 Å². The minimum absolute atomic E-state index is 0.0994. The van der Waals surface area contributed by atoms with Crippen LogP contribution in [-0.4, -0.2) is 14.6 Å². The Kier molecular flexibility index (Phi) is 1.97. The Bertz CT molecular complexity index is 540. The number of hydrogen-bond donors (Lipinski definition) is 0. The SMILES string of the molecule is [C-]#[N+]c1ccc2cnc(C(C)(C)C)nn12. The number of hydrogen-bond acceptors (Lipinski definition) is 2. The minimum atomic E-state index is -0.0994. The fraction of sp³-hybridized carbons (Fsp3) is 0.364. The van der Waals surface area contributed by atoms with E-state index in [0.717, 1.165) is 11.3 Å². The van der Waals surface area contributed by atoms with Gasteiger partial charge in [-0.05, 0) is 12.1 Å². The molecule has 0 aliphatic carbocycles. The molecule has 0 unspecified atom stereocenters. The van der Waals surface area contributed by atoms with Crippen molar-refractivity contribution in [1.82, 2.24) is 14.6 Å². The van der Waals surface area contributed by atoms with Crippen molar-refractivity contribution < 1.29 is 0 Å². The van der Waals surface area contributed by atoms with Crippen LogP contribution in [0.3, 0.4) is 0 Å². The van der Waals surface area contributed by atoms with E-state index in [0.29, 0.717) is 5.82 Å². The van der Waals surface area contributed by atoms with Gasteiger partial charge in [-0.25, -0.2) is 4.98 Å². The Balaban J connectivity index is 2.69. The second-order valence-corrected chi connectivity index (χ2v) is 4.47. The van der Waals surface area contributed by atoms with E-state index in [1.54, 1.807) is 16.8 Å². The van der Waals surface area contributed by atoms with E-state index in [1.807, 2.05) is 6.07 Å². The molecule has 0 aromatic carbocycles. The normalized spacial score (nSPS) is 11.6. The maximum atomic E-state index is 7.01. The first-order valence-electron chi connectivity index (χ1n) is 4.75. The van der Waals surface area contributed by atoms with Crippen LogP contribution in [-0.2, 0) is 5.41 Å². The number of fused-ring (bicyclic) bond motifs is 1. The van der Waals surface area contributed by atoms with Gasteiger partial charge in [0.15, 0.2) is 11.3 Å². The van der Waals surface area contributed by atoms with Gasteiger partial charge in [-0.3, -0.25) is 0 Å². The molecule has 0 spiro atoms. The lowest BCUT2D eigenvalue weighted by atomic mass is 9.96. The van der Waals surface area contributed by atoms with Gasteiger partial charge in [-0.2, -0.15) is 4.52 Å². The monoisotopic (exact) mass is 200 g/mol. The average Bonchev–Trinajstić information content (AvgIpc) is 2.57. The first-order valence-corrected chi connectivity index (χ1v) is 4.75. The van der Waals surface area contributed by atoms with Gasteiger partial charge in [0.2, 0.25) is 0 Å². The molecule has 0 radical (unpaired) electrons. The lowest BCUT2D eigenvalue weighted by molar-refractivity contribution is 0.530. The van der Waals surface area contributed by atoms with E-state index in [1.165, 1.54) is 0 Å². The van der Waals surface area contributed by atoms with E-state index in [-0.39, 0.29) is 5.41 Å². The molecule has 0 amide bonds. The maximum Gasteiger partial charge on any atom is 0.255 e. The highest BCUT2D eigenvalue weighted by atomic mass is 15.3. The van der Waals surface area contributed by atoms with Gasteiger partial charge < -0.3 is 4.85 Å². The van der Waals surface area contributed by atoms with Crippen molar-refractivity contribution in [1.29, 1.82) is 0 Å². The van der Waals surface area contributed by atoms with Crippen LogP contribution in [0.15, 0.2) is 18.3 Å². The predicted molar refractivity (Wildman–Crippen MR) is 57.9 cm³/mol. The van der Waals surface area contributed by atoms with Crippen LogP contribution in [0.25, 0.3) is 10.4 Å². The Morgan fingerprint density at radius 3 is 2.67 bits per heavy atom. The highest BCUT2D eigenvalue weighted by Gasteiger charge is 2.19. The Morgan fingerprint density at radius 1 is 1.33 bits per heavy atom. The predicted octanol–water partition coefficient (Wildman–Crippen LogP) is 2.58. The highest BCUT2D eigenvalue weighted by Crippen LogP contribution is 2.20. The molecule has 0 saturated carbocycles. The fourth-order valence-corrected chi connectivity index (χ4v) is 1.32. The van der Waals surface area contributed by atoms with E-state index in [9.17, 15) is 0 Å². The first-order chi connectivity index (χ1) is 7.02. The lowest BCUT2D eigenvalue weighted by Crippen LogP contribution is -2.17. The van der Waals surface area contributed by atoms with Crippen molar-refractivity contribution >= 4 is 11.3 Å². The van der Waals surface area contributed by atoms with Crippen LogP contribution in [0.2, 0.25) is 0 Å². The molecule has 0 saturated heterocycles. The first kappa shape index (κ1) is 9.66. The van der Waals surface area contributed by atoms with Crippen LogP contribution in [0.5, 0.6) is 0 Å². The van der Waals surface area contributed by atoms with Crippen molar-refractivity contribution in [2.24, 2.45) is 0 Å². The average molecular weight is 200 g/mol. The quantitative estimate of drug-likeness (QED) is 0.612. The molecule has 15 heavy (non-hydrogen) atoms. The van der Waals surface area contributed by atoms with Crippen LogP contribution < -0.4 is 0 Å². The number of nitrogens with zero attached hydrogens (tertiary/aromatic N) is 4. The fourth-order valence-electron chi connectivity index (χ4n) is 1.32. The second-order valence-electron chi connectivity index (χ2n) is 4.47. The molecular formula is C11H12N4. The maximum absolute atomic E-state index is 7.01. The Hall–Kier alpha value is -1.89. The standard InChI is InChI=1S/C11H12N4/c1-11(2,3)10-13-7-8-5-6-9(12-4)15(8)14-10/h5-7H,1-3H3. The summed E-state index contributed by atoms with van der Waals surface area (Å²) in [7, 11) is 0. The smallest absolute Gasteiger partial charge is 0.255 e. The molecule has 4 heteroatoms. The summed E-state index contributed by atoms with van der Waals surface area (Å²) >= 11 is 0. The molecular weight excluding hydrogens is 188 g/mol. The molecule has 0 aliphatic heterocycles. The summed E-state index contributed by atoms with van der Waals surface area (Å²) in [5.41, 5.74) is 0.756. The molecule has 2 rings (SSSR count). The zero-order valence-corrected chi connectivity index (χ0v) is 9.02. The van der Waals surface area contributed by atoms with Crippen LogP contribution in [0, 0.1) is 6.57 Å². The zero-order valence-electron chi connectivity index (χ0n) is 9.02. The summed E-state index contributed by atoms with van der Waals surface area (Å²) < 4.78 is 1.64. The van der Waals surface area contributed by atoms with Gasteiger partial charge in [-0.1, -0.05) is 32.4 Å². The van der Waals surface area contributed by atoms with Gasteiger partial charge in [-0.15, -0.1) is 0 Å². The Morgan fingerprint density at radius 2 is 2.07 bits per heavy atom. The van der Waals surface area contributed by atoms with Gasteiger partial charge in [0, 0.05) is 5.41 Å². The third-order valence-electron chi connectivity index (χ3n) is 2.16. The van der Waals surface area contributed by atoms with Gasteiger partial charge >= 0.3 is 0 Å². The number of rotatable bonds is 0. The molecule has 0 aliphatic rings. The van der Waals surface area contributed by atoms with Gasteiger partial charge in [0.25, 0.3) is 5.82 Å². The van der Waals surface area contributed by atoms with Crippen LogP contribution in [0.4, 0.5) is 5.82 Å². The molecule has 0 bridgehead atoms. The lowest BCUT2D eigenvalue weighted by Gasteiger charge is -2.14. The summed E-state index contributed by atoms with van der Waals surface area (Å²) in [5, 5.41) is 4.37. The van der Waals surface area contributed by atoms with Gasteiger partial charge in [0.05, 0.1) is 6.20 Å². The molecule has 0 fully saturated rings. The van der Waals surface area contributed by atoms with Crippen molar-refractivity contribution in [3.05, 3.63) is 35.6 Å². The summed E-state index contributed by atoms with van der Waals surface area (Å²) in [6, 6.07) is 3.60. The molecule has 76 valence electrons. The van der Waals surface area contributed by atoms with E-state index < -0.39 is 0 Å². The molecule has 0 N–H and O–H groups in total. The third kappa shape index (κ3) is 1.57. The second kappa shape index (κ2) is 3.06. The van der Waals surface area contributed by atoms with E-state index >= 15 is 0 Å². The van der Waals surface area contributed by atoms with Gasteiger partial charge in [0.1, 0.15) is 0 Å². The molecule has 2 aromatic rings. The summed E-state index contributed by atoms with van der Waals surface area (Å²) in [4.78, 5) is 7.70. The zero-order chi connectivity index (χ0) is 11.1. The van der Waals surface area contributed by atoms with Crippen molar-refractivity contribution in [3.63, 3.8) is 0 Å². The van der Waals surface area contributed by atoms with E-state index in [4.69, 9.17) is 6.57 Å². The van der Waals surface area contributed by atoms with Crippen molar-refractivity contribution in [3.8, 4) is 0 Å². The molecule has 2 aromatic heterocycles. The Labute approximate surface area is 88.4 Å². The molecule has 4 nitrogen and oxygen atoms in total. The largest absolute Gasteiger partial charge is 0.362 e. The van der Waals surface area contributed by atoms with Crippen LogP contribution in [0.1, 0.15) is 26.6 Å². The van der Waals surface area contributed by atoms with Crippen LogP contribution >= 0.6 is 0 Å². The minimum Gasteiger partial charge on any atom is -0.362 e. The van der Waals surface area contributed by atoms with Crippen molar-refractivity contribution in [2.75, 3.05) is 0 Å². The molecule has 2 heterocycles. The highest BCUT2D eigenvalue weighted by molar-refractivity contribution is 5.55. The third-order valence-corrected chi connectivity index (χ3v) is 2.16.